The average molecular weight is 435 g/mol. The zero-order valence-electron chi connectivity index (χ0n) is 17.9. The van der Waals surface area contributed by atoms with Crippen molar-refractivity contribution in [1.82, 2.24) is 19.8 Å². The van der Waals surface area contributed by atoms with E-state index in [0.29, 0.717) is 42.5 Å². The van der Waals surface area contributed by atoms with E-state index < -0.39 is 0 Å². The van der Waals surface area contributed by atoms with Gasteiger partial charge in [-0.05, 0) is 36.2 Å². The van der Waals surface area contributed by atoms with E-state index in [1.165, 1.54) is 5.56 Å². The van der Waals surface area contributed by atoms with E-state index in [4.69, 9.17) is 14.2 Å². The number of carbonyl (C=O) groups is 1. The number of amides is 2. The van der Waals surface area contributed by atoms with Gasteiger partial charge < -0.3 is 24.4 Å². The molecule has 3 aromatic rings. The fourth-order valence-electron chi connectivity index (χ4n) is 3.97. The van der Waals surface area contributed by atoms with Gasteiger partial charge in [0, 0.05) is 45.0 Å². The number of aromatic nitrogens is 2. The number of anilines is 1. The van der Waals surface area contributed by atoms with Gasteiger partial charge in [0.1, 0.15) is 5.52 Å². The second-order valence-corrected chi connectivity index (χ2v) is 7.78. The highest BCUT2D eigenvalue weighted by Gasteiger charge is 2.22. The predicted octanol–water partition coefficient (Wildman–Crippen LogP) is 2.76. The predicted molar refractivity (Wildman–Crippen MR) is 119 cm³/mol. The number of pyridine rings is 2. The highest BCUT2D eigenvalue weighted by Crippen LogP contribution is 2.32. The maximum absolute atomic E-state index is 12.9. The van der Waals surface area contributed by atoms with Crippen molar-refractivity contribution in [3.05, 3.63) is 48.2 Å². The Kier molecular flexibility index (Phi) is 5.64. The van der Waals surface area contributed by atoms with Gasteiger partial charge in [0.05, 0.1) is 18.3 Å². The molecular weight excluding hydrogens is 410 g/mol. The number of piperazine rings is 1. The lowest BCUT2D eigenvalue weighted by atomic mass is 10.1. The molecule has 2 aliphatic heterocycles. The Hall–Kier alpha value is -3.59. The van der Waals surface area contributed by atoms with Crippen molar-refractivity contribution in [3.63, 3.8) is 0 Å². The normalized spacial score (nSPS) is 15.7. The molecule has 1 saturated heterocycles. The smallest absolute Gasteiger partial charge is 0.321 e. The summed E-state index contributed by atoms with van der Waals surface area (Å²) in [6.45, 7) is 4.25. The molecular formula is C23H25N5O4. The molecule has 2 aliphatic rings. The van der Waals surface area contributed by atoms with Gasteiger partial charge in [0.25, 0.3) is 0 Å². The number of hydrogen-bond donors (Lipinski definition) is 1. The first-order chi connectivity index (χ1) is 15.7. The molecule has 0 aliphatic carbocycles. The second kappa shape index (κ2) is 8.88. The molecule has 1 N–H and O–H groups in total. The molecule has 4 heterocycles. The number of carbonyl (C=O) groups excluding carboxylic acids is 1. The van der Waals surface area contributed by atoms with Crippen molar-refractivity contribution in [1.29, 1.82) is 0 Å². The number of ether oxygens (including phenoxy) is 3. The van der Waals surface area contributed by atoms with Gasteiger partial charge >= 0.3 is 6.03 Å². The average Bonchev–Trinajstić information content (AvgIpc) is 3.31. The van der Waals surface area contributed by atoms with Crippen molar-refractivity contribution in [2.45, 2.75) is 6.42 Å². The highest BCUT2D eigenvalue weighted by atomic mass is 16.7. The van der Waals surface area contributed by atoms with Gasteiger partial charge in [-0.1, -0.05) is 6.07 Å². The van der Waals surface area contributed by atoms with Crippen LogP contribution in [0.4, 0.5) is 10.5 Å². The van der Waals surface area contributed by atoms with Crippen LogP contribution in [0.3, 0.4) is 0 Å². The third-order valence-corrected chi connectivity index (χ3v) is 5.82. The Morgan fingerprint density at radius 1 is 1.09 bits per heavy atom. The number of fused-ring (bicyclic) bond motifs is 2. The van der Waals surface area contributed by atoms with Crippen molar-refractivity contribution in [3.8, 4) is 17.4 Å². The zero-order valence-corrected chi connectivity index (χ0v) is 17.9. The van der Waals surface area contributed by atoms with Gasteiger partial charge in [-0.25, -0.2) is 9.78 Å². The van der Waals surface area contributed by atoms with Crippen molar-refractivity contribution < 1.29 is 19.0 Å². The molecule has 2 aromatic heterocycles. The fourth-order valence-corrected chi connectivity index (χ4v) is 3.97. The Morgan fingerprint density at radius 3 is 2.78 bits per heavy atom. The first-order valence-corrected chi connectivity index (χ1v) is 10.7. The summed E-state index contributed by atoms with van der Waals surface area (Å²) in [5, 5.41) is 2.99. The van der Waals surface area contributed by atoms with Crippen molar-refractivity contribution in [2.24, 2.45) is 0 Å². The zero-order chi connectivity index (χ0) is 21.9. The van der Waals surface area contributed by atoms with Crippen LogP contribution in [-0.2, 0) is 6.42 Å². The molecule has 0 radical (unpaired) electrons. The second-order valence-electron chi connectivity index (χ2n) is 7.78. The maximum atomic E-state index is 12.9. The first-order valence-electron chi connectivity index (χ1n) is 10.7. The molecule has 0 unspecified atom stereocenters. The molecule has 9 heteroatoms. The molecule has 0 atom stereocenters. The Morgan fingerprint density at radius 2 is 1.94 bits per heavy atom. The van der Waals surface area contributed by atoms with Crippen LogP contribution >= 0.6 is 0 Å². The Balaban J connectivity index is 1.15. The van der Waals surface area contributed by atoms with Crippen LogP contribution in [0.1, 0.15) is 5.56 Å². The summed E-state index contributed by atoms with van der Waals surface area (Å²) in [6.07, 6.45) is 2.60. The Labute approximate surface area is 185 Å². The molecule has 2 amide bonds. The number of hydrogen-bond acceptors (Lipinski definition) is 7. The standard InChI is InChI=1S/C23H25N5O4/c1-30-21-5-3-17-22(26-21)18(6-8-24-17)25-23(29)28-12-10-27(11-13-28)9-7-16-2-4-19-20(14-16)32-15-31-19/h2-6,8,14H,7,9-13,15H2,1H3,(H,24,25,29). The first kappa shape index (κ1) is 20.3. The summed E-state index contributed by atoms with van der Waals surface area (Å²) in [7, 11) is 1.56. The molecule has 1 aromatic carbocycles. The molecule has 0 saturated carbocycles. The minimum Gasteiger partial charge on any atom is -0.481 e. The lowest BCUT2D eigenvalue weighted by Gasteiger charge is -2.34. The van der Waals surface area contributed by atoms with Crippen LogP contribution in [0.5, 0.6) is 17.4 Å². The molecule has 32 heavy (non-hydrogen) atoms. The summed E-state index contributed by atoms with van der Waals surface area (Å²) < 4.78 is 16.0. The SMILES string of the molecule is COc1ccc2nccc(NC(=O)N3CCN(CCc4ccc5c(c4)OCO5)CC3)c2n1. The number of nitrogens with one attached hydrogen (secondary N) is 1. The van der Waals surface area contributed by atoms with Crippen LogP contribution in [0.25, 0.3) is 11.0 Å². The van der Waals surface area contributed by atoms with Crippen LogP contribution in [-0.4, -0.2) is 72.4 Å². The third-order valence-electron chi connectivity index (χ3n) is 5.82. The van der Waals surface area contributed by atoms with E-state index in [1.807, 2.05) is 23.1 Å². The van der Waals surface area contributed by atoms with Crippen molar-refractivity contribution in [2.75, 3.05) is 51.9 Å². The van der Waals surface area contributed by atoms with Gasteiger partial charge in [0.15, 0.2) is 11.5 Å². The van der Waals surface area contributed by atoms with Crippen molar-refractivity contribution >= 4 is 22.8 Å². The van der Waals surface area contributed by atoms with Gasteiger partial charge in [0.2, 0.25) is 12.7 Å². The number of benzene rings is 1. The molecule has 5 rings (SSSR count). The van der Waals surface area contributed by atoms with E-state index in [-0.39, 0.29) is 6.03 Å². The number of urea groups is 1. The monoisotopic (exact) mass is 435 g/mol. The van der Waals surface area contributed by atoms with Gasteiger partial charge in [-0.3, -0.25) is 9.88 Å². The highest BCUT2D eigenvalue weighted by molar-refractivity contribution is 5.98. The minimum absolute atomic E-state index is 0.127. The molecule has 0 spiro atoms. The largest absolute Gasteiger partial charge is 0.481 e. The van der Waals surface area contributed by atoms with E-state index in [1.54, 1.807) is 25.4 Å². The van der Waals surface area contributed by atoms with Gasteiger partial charge in [-0.2, -0.15) is 0 Å². The quantitative estimate of drug-likeness (QED) is 0.659. The van der Waals surface area contributed by atoms with E-state index in [0.717, 1.165) is 37.6 Å². The topological polar surface area (TPSA) is 89.1 Å². The van der Waals surface area contributed by atoms with Gasteiger partial charge in [-0.15, -0.1) is 0 Å². The summed E-state index contributed by atoms with van der Waals surface area (Å²) in [5.41, 5.74) is 3.17. The third kappa shape index (κ3) is 4.24. The molecule has 1 fully saturated rings. The lowest BCUT2D eigenvalue weighted by Crippen LogP contribution is -2.50. The summed E-state index contributed by atoms with van der Waals surface area (Å²) in [5.74, 6) is 2.11. The Bertz CT molecular complexity index is 1130. The summed E-state index contributed by atoms with van der Waals surface area (Å²) >= 11 is 0. The molecule has 0 bridgehead atoms. The van der Waals surface area contributed by atoms with E-state index in [9.17, 15) is 4.79 Å². The molecule has 9 nitrogen and oxygen atoms in total. The molecule has 166 valence electrons. The van der Waals surface area contributed by atoms with E-state index in [2.05, 4.69) is 26.3 Å². The van der Waals surface area contributed by atoms with Crippen LogP contribution in [0.15, 0.2) is 42.6 Å². The van der Waals surface area contributed by atoms with E-state index >= 15 is 0 Å². The number of methoxy groups -OCH3 is 1. The van der Waals surface area contributed by atoms with Crippen LogP contribution in [0, 0.1) is 0 Å². The maximum Gasteiger partial charge on any atom is 0.321 e. The summed E-state index contributed by atoms with van der Waals surface area (Å²) in [4.78, 5) is 25.8. The number of rotatable bonds is 5. The fraction of sp³-hybridized carbons (Fsp3) is 0.348. The van der Waals surface area contributed by atoms with Crippen LogP contribution in [0.2, 0.25) is 0 Å². The summed E-state index contributed by atoms with van der Waals surface area (Å²) in [6, 6.07) is 11.3. The lowest BCUT2D eigenvalue weighted by molar-refractivity contribution is 0.148. The van der Waals surface area contributed by atoms with Crippen LogP contribution < -0.4 is 19.5 Å². The number of nitrogens with zero attached hydrogens (tertiary/aromatic N) is 4. The minimum atomic E-state index is -0.127.